The summed E-state index contributed by atoms with van der Waals surface area (Å²) in [5.74, 6) is -0.538. The fourth-order valence-electron chi connectivity index (χ4n) is 2.86. The molecule has 138 valence electrons. The number of carbonyl (C=O) groups excluding carboxylic acids is 1. The number of likely N-dealkylation sites (N-methyl/N-ethyl adjacent to an activating group) is 1. The Labute approximate surface area is 154 Å². The minimum Gasteiger partial charge on any atom is -0.482 e. The van der Waals surface area contributed by atoms with Crippen LogP contribution in [0.15, 0.2) is 54.6 Å². The van der Waals surface area contributed by atoms with E-state index in [4.69, 9.17) is 9.84 Å². The first-order chi connectivity index (χ1) is 12.4. The SMILES string of the molecule is CCC(C)C(C(=O)N(C)c1ccc(OCC(=O)O)cc1)c1ccccc1. The molecule has 0 heterocycles. The highest BCUT2D eigenvalue weighted by Gasteiger charge is 2.28. The van der Waals surface area contributed by atoms with Gasteiger partial charge in [-0.25, -0.2) is 4.79 Å². The first-order valence-corrected chi connectivity index (χ1v) is 8.71. The highest BCUT2D eigenvalue weighted by molar-refractivity contribution is 5.97. The Kier molecular flexibility index (Phi) is 6.78. The van der Waals surface area contributed by atoms with Gasteiger partial charge in [0.1, 0.15) is 5.75 Å². The molecule has 2 aromatic rings. The van der Waals surface area contributed by atoms with E-state index in [0.717, 1.165) is 17.7 Å². The molecule has 5 heteroatoms. The lowest BCUT2D eigenvalue weighted by molar-refractivity contribution is -0.139. The van der Waals surface area contributed by atoms with Crippen molar-refractivity contribution in [3.05, 3.63) is 60.2 Å². The van der Waals surface area contributed by atoms with Crippen LogP contribution in [0.25, 0.3) is 0 Å². The maximum Gasteiger partial charge on any atom is 0.341 e. The van der Waals surface area contributed by atoms with Crippen LogP contribution in [-0.2, 0) is 9.59 Å². The third kappa shape index (κ3) is 4.85. The maximum absolute atomic E-state index is 13.2. The van der Waals surface area contributed by atoms with Crippen LogP contribution in [0.5, 0.6) is 5.75 Å². The van der Waals surface area contributed by atoms with Gasteiger partial charge in [-0.3, -0.25) is 4.79 Å². The Morgan fingerprint density at radius 1 is 1.08 bits per heavy atom. The van der Waals surface area contributed by atoms with Gasteiger partial charge in [0.25, 0.3) is 0 Å². The van der Waals surface area contributed by atoms with Gasteiger partial charge in [0.15, 0.2) is 6.61 Å². The van der Waals surface area contributed by atoms with E-state index in [1.807, 2.05) is 30.3 Å². The Balaban J connectivity index is 2.19. The smallest absolute Gasteiger partial charge is 0.341 e. The molecule has 2 atom stereocenters. The summed E-state index contributed by atoms with van der Waals surface area (Å²) in [6.07, 6.45) is 0.904. The van der Waals surface area contributed by atoms with Crippen molar-refractivity contribution in [2.24, 2.45) is 5.92 Å². The minimum atomic E-state index is -1.03. The molecule has 0 saturated carbocycles. The van der Waals surface area contributed by atoms with Gasteiger partial charge in [0, 0.05) is 12.7 Å². The van der Waals surface area contributed by atoms with Gasteiger partial charge >= 0.3 is 5.97 Å². The van der Waals surface area contributed by atoms with Crippen LogP contribution in [0, 0.1) is 5.92 Å². The molecule has 0 saturated heterocycles. The van der Waals surface area contributed by atoms with Gasteiger partial charge in [-0.2, -0.15) is 0 Å². The van der Waals surface area contributed by atoms with E-state index in [9.17, 15) is 9.59 Å². The summed E-state index contributed by atoms with van der Waals surface area (Å²) in [4.78, 5) is 25.4. The number of anilines is 1. The van der Waals surface area contributed by atoms with Crippen molar-refractivity contribution in [2.75, 3.05) is 18.6 Å². The van der Waals surface area contributed by atoms with Gasteiger partial charge in [-0.15, -0.1) is 0 Å². The molecular formula is C21H25NO4. The number of benzene rings is 2. The predicted octanol–water partition coefficient (Wildman–Crippen LogP) is 3.94. The molecule has 2 rings (SSSR count). The third-order valence-electron chi connectivity index (χ3n) is 4.55. The van der Waals surface area contributed by atoms with Crippen molar-refractivity contribution in [2.45, 2.75) is 26.2 Å². The summed E-state index contributed by atoms with van der Waals surface area (Å²) in [6.45, 7) is 3.78. The van der Waals surface area contributed by atoms with E-state index in [-0.39, 0.29) is 17.7 Å². The van der Waals surface area contributed by atoms with Gasteiger partial charge in [-0.1, -0.05) is 50.6 Å². The van der Waals surface area contributed by atoms with E-state index in [0.29, 0.717) is 5.75 Å². The number of aliphatic carboxylic acids is 1. The van der Waals surface area contributed by atoms with Gasteiger partial charge in [0.2, 0.25) is 5.91 Å². The summed E-state index contributed by atoms with van der Waals surface area (Å²) < 4.78 is 5.13. The standard InChI is InChI=1S/C21H25NO4/c1-4-15(2)20(16-8-6-5-7-9-16)21(25)22(3)17-10-12-18(13-11-17)26-14-19(23)24/h5-13,15,20H,4,14H2,1-3H3,(H,23,24). The van der Waals surface area contributed by atoms with E-state index in [2.05, 4.69) is 13.8 Å². The van der Waals surface area contributed by atoms with Gasteiger partial charge < -0.3 is 14.7 Å². The number of carboxylic acid groups (broad SMARTS) is 1. The van der Waals surface area contributed by atoms with Crippen LogP contribution < -0.4 is 9.64 Å². The summed E-state index contributed by atoms with van der Waals surface area (Å²) >= 11 is 0. The summed E-state index contributed by atoms with van der Waals surface area (Å²) in [5.41, 5.74) is 1.75. The number of hydrogen-bond acceptors (Lipinski definition) is 3. The topological polar surface area (TPSA) is 66.8 Å². The molecule has 0 aromatic heterocycles. The monoisotopic (exact) mass is 355 g/mol. The highest BCUT2D eigenvalue weighted by Crippen LogP contribution is 2.30. The quantitative estimate of drug-likeness (QED) is 0.779. The fraction of sp³-hybridized carbons (Fsp3) is 0.333. The number of carboxylic acids is 1. The summed E-state index contributed by atoms with van der Waals surface area (Å²) in [7, 11) is 1.76. The zero-order chi connectivity index (χ0) is 19.1. The molecule has 0 fully saturated rings. The Morgan fingerprint density at radius 2 is 1.69 bits per heavy atom. The number of nitrogens with zero attached hydrogens (tertiary/aromatic N) is 1. The molecule has 0 aliphatic rings. The number of ether oxygens (including phenoxy) is 1. The van der Waals surface area contributed by atoms with Crippen molar-refractivity contribution in [1.29, 1.82) is 0 Å². The first kappa shape index (κ1) is 19.5. The minimum absolute atomic E-state index is 0.0322. The summed E-state index contributed by atoms with van der Waals surface area (Å²) in [6, 6.07) is 16.7. The van der Waals surface area contributed by atoms with Crippen molar-refractivity contribution in [3.8, 4) is 5.75 Å². The molecule has 0 aliphatic heterocycles. The molecule has 0 radical (unpaired) electrons. The Morgan fingerprint density at radius 3 is 2.23 bits per heavy atom. The molecule has 2 aromatic carbocycles. The lowest BCUT2D eigenvalue weighted by Gasteiger charge is -2.28. The van der Waals surface area contributed by atoms with Crippen LogP contribution >= 0.6 is 0 Å². The lowest BCUT2D eigenvalue weighted by atomic mass is 9.84. The predicted molar refractivity (Wildman–Crippen MR) is 102 cm³/mol. The number of amides is 1. The third-order valence-corrected chi connectivity index (χ3v) is 4.55. The van der Waals surface area contributed by atoms with Crippen LogP contribution in [0.3, 0.4) is 0 Å². The van der Waals surface area contributed by atoms with Gasteiger partial charge in [0.05, 0.1) is 5.92 Å². The molecule has 0 aliphatic carbocycles. The molecule has 0 spiro atoms. The Hall–Kier alpha value is -2.82. The van der Waals surface area contributed by atoms with Gasteiger partial charge in [-0.05, 0) is 35.7 Å². The number of rotatable bonds is 8. The van der Waals surface area contributed by atoms with Crippen LogP contribution in [0.1, 0.15) is 31.7 Å². The average molecular weight is 355 g/mol. The second-order valence-electron chi connectivity index (χ2n) is 6.35. The zero-order valence-corrected chi connectivity index (χ0v) is 15.4. The van der Waals surface area contributed by atoms with Crippen molar-refractivity contribution < 1.29 is 19.4 Å². The van der Waals surface area contributed by atoms with E-state index in [1.54, 1.807) is 36.2 Å². The van der Waals surface area contributed by atoms with Crippen molar-refractivity contribution in [1.82, 2.24) is 0 Å². The molecule has 0 bridgehead atoms. The summed E-state index contributed by atoms with van der Waals surface area (Å²) in [5, 5.41) is 8.66. The zero-order valence-electron chi connectivity index (χ0n) is 15.4. The first-order valence-electron chi connectivity index (χ1n) is 8.71. The largest absolute Gasteiger partial charge is 0.482 e. The van der Waals surface area contributed by atoms with Crippen molar-refractivity contribution >= 4 is 17.6 Å². The van der Waals surface area contributed by atoms with E-state index < -0.39 is 12.6 Å². The van der Waals surface area contributed by atoms with Crippen LogP contribution in [0.4, 0.5) is 5.69 Å². The molecule has 26 heavy (non-hydrogen) atoms. The van der Waals surface area contributed by atoms with E-state index >= 15 is 0 Å². The number of hydrogen-bond donors (Lipinski definition) is 1. The maximum atomic E-state index is 13.2. The van der Waals surface area contributed by atoms with Crippen LogP contribution in [0.2, 0.25) is 0 Å². The van der Waals surface area contributed by atoms with E-state index in [1.165, 1.54) is 0 Å². The number of carbonyl (C=O) groups is 2. The molecule has 5 nitrogen and oxygen atoms in total. The molecule has 2 unspecified atom stereocenters. The normalized spacial score (nSPS) is 12.9. The molecule has 1 N–H and O–H groups in total. The second kappa shape index (κ2) is 9.04. The molecule has 1 amide bonds. The molecular weight excluding hydrogens is 330 g/mol. The highest BCUT2D eigenvalue weighted by atomic mass is 16.5. The Bertz CT molecular complexity index is 727. The average Bonchev–Trinajstić information content (AvgIpc) is 2.67. The fourth-order valence-corrected chi connectivity index (χ4v) is 2.86. The van der Waals surface area contributed by atoms with Crippen molar-refractivity contribution in [3.63, 3.8) is 0 Å². The second-order valence-corrected chi connectivity index (χ2v) is 6.35. The van der Waals surface area contributed by atoms with Crippen LogP contribution in [-0.4, -0.2) is 30.6 Å². The lowest BCUT2D eigenvalue weighted by Crippen LogP contribution is -2.34.